The molecule has 0 aliphatic heterocycles. The van der Waals surface area contributed by atoms with Gasteiger partial charge in [0.1, 0.15) is 5.75 Å². The lowest BCUT2D eigenvalue weighted by atomic mass is 9.94. The van der Waals surface area contributed by atoms with E-state index in [-0.39, 0.29) is 5.56 Å². The standard InChI is InChI=1S/C12H16BrNO4/c1-3-4-5-7(12(16)17)9-10(13)8(18-2)6-14-11(9)15/h6-7H,3-5H2,1-2H3,(H,14,15)(H,16,17). The molecule has 1 unspecified atom stereocenters. The molecule has 18 heavy (non-hydrogen) atoms. The van der Waals surface area contributed by atoms with Crippen LogP contribution >= 0.6 is 15.9 Å². The van der Waals surface area contributed by atoms with Crippen LogP contribution in [0.2, 0.25) is 0 Å². The third kappa shape index (κ3) is 3.13. The minimum Gasteiger partial charge on any atom is -0.494 e. The SMILES string of the molecule is CCCCC(C(=O)O)c1c(Br)c(OC)c[nH]c1=O. The molecule has 1 aromatic rings. The van der Waals surface area contributed by atoms with Crippen molar-refractivity contribution in [2.75, 3.05) is 7.11 Å². The van der Waals surface area contributed by atoms with E-state index in [2.05, 4.69) is 20.9 Å². The monoisotopic (exact) mass is 317 g/mol. The second-order valence-electron chi connectivity index (χ2n) is 3.95. The maximum absolute atomic E-state index is 11.8. The number of carboxylic acid groups (broad SMARTS) is 1. The Bertz CT molecular complexity index is 483. The number of pyridine rings is 1. The van der Waals surface area contributed by atoms with Crippen LogP contribution in [0.4, 0.5) is 0 Å². The summed E-state index contributed by atoms with van der Waals surface area (Å²) in [6, 6.07) is 0. The summed E-state index contributed by atoms with van der Waals surface area (Å²) in [6.45, 7) is 1.98. The molecule has 100 valence electrons. The molecule has 1 heterocycles. The molecule has 0 amide bonds. The van der Waals surface area contributed by atoms with Gasteiger partial charge in [-0.25, -0.2) is 0 Å². The molecule has 1 aromatic heterocycles. The average Bonchev–Trinajstić information content (AvgIpc) is 2.33. The zero-order valence-electron chi connectivity index (χ0n) is 10.3. The van der Waals surface area contributed by atoms with E-state index in [0.29, 0.717) is 16.6 Å². The Hall–Kier alpha value is -1.30. The summed E-state index contributed by atoms with van der Waals surface area (Å²) in [4.78, 5) is 25.6. The Balaban J connectivity index is 3.26. The third-order valence-electron chi connectivity index (χ3n) is 2.74. The molecule has 0 aliphatic carbocycles. The molecule has 0 bridgehead atoms. The lowest BCUT2D eigenvalue weighted by molar-refractivity contribution is -0.139. The number of hydrogen-bond acceptors (Lipinski definition) is 3. The normalized spacial score (nSPS) is 12.2. The lowest BCUT2D eigenvalue weighted by Gasteiger charge is -2.14. The Kier molecular flexibility index (Phi) is 5.40. The third-order valence-corrected chi connectivity index (χ3v) is 3.56. The maximum atomic E-state index is 11.8. The minimum atomic E-state index is -0.997. The van der Waals surface area contributed by atoms with Crippen LogP contribution in [0.5, 0.6) is 5.75 Å². The van der Waals surface area contributed by atoms with Gasteiger partial charge in [0.2, 0.25) is 0 Å². The summed E-state index contributed by atoms with van der Waals surface area (Å²) in [5, 5.41) is 9.25. The highest BCUT2D eigenvalue weighted by molar-refractivity contribution is 9.10. The molecule has 5 nitrogen and oxygen atoms in total. The van der Waals surface area contributed by atoms with E-state index in [1.807, 2.05) is 6.92 Å². The fourth-order valence-electron chi connectivity index (χ4n) is 1.76. The number of H-pyrrole nitrogens is 1. The number of aromatic nitrogens is 1. The van der Waals surface area contributed by atoms with Gasteiger partial charge in [0.15, 0.2) is 0 Å². The largest absolute Gasteiger partial charge is 0.494 e. The van der Waals surface area contributed by atoms with E-state index in [9.17, 15) is 14.7 Å². The second-order valence-corrected chi connectivity index (χ2v) is 4.74. The van der Waals surface area contributed by atoms with Crippen LogP contribution in [-0.4, -0.2) is 23.2 Å². The predicted molar refractivity (Wildman–Crippen MR) is 71.2 cm³/mol. The maximum Gasteiger partial charge on any atom is 0.311 e. The topological polar surface area (TPSA) is 79.4 Å². The summed E-state index contributed by atoms with van der Waals surface area (Å²) in [5.41, 5.74) is -0.179. The zero-order valence-corrected chi connectivity index (χ0v) is 11.9. The molecule has 1 rings (SSSR count). The van der Waals surface area contributed by atoms with Crippen LogP contribution in [0.25, 0.3) is 0 Å². The number of carboxylic acids is 1. The van der Waals surface area contributed by atoms with Crippen LogP contribution in [0.3, 0.4) is 0 Å². The minimum absolute atomic E-state index is 0.218. The van der Waals surface area contributed by atoms with Crippen molar-refractivity contribution in [3.8, 4) is 5.75 Å². The van der Waals surface area contributed by atoms with Crippen molar-refractivity contribution < 1.29 is 14.6 Å². The number of rotatable bonds is 6. The Morgan fingerprint density at radius 3 is 2.78 bits per heavy atom. The predicted octanol–water partition coefficient (Wildman–Crippen LogP) is 2.50. The summed E-state index contributed by atoms with van der Waals surface area (Å²) in [7, 11) is 1.46. The molecule has 0 radical (unpaired) electrons. The van der Waals surface area contributed by atoms with Gasteiger partial charge in [-0.05, 0) is 22.4 Å². The number of aliphatic carboxylic acids is 1. The van der Waals surface area contributed by atoms with Gasteiger partial charge in [-0.15, -0.1) is 0 Å². The molecule has 0 aliphatic rings. The summed E-state index contributed by atoms with van der Waals surface area (Å²) >= 11 is 3.24. The molecule has 2 N–H and O–H groups in total. The summed E-state index contributed by atoms with van der Waals surface area (Å²) in [6.07, 6.45) is 3.47. The van der Waals surface area contributed by atoms with E-state index in [4.69, 9.17) is 4.74 Å². The molecule has 0 saturated heterocycles. The molecule has 0 aromatic carbocycles. The highest BCUT2D eigenvalue weighted by Gasteiger charge is 2.26. The molecule has 0 saturated carbocycles. The van der Waals surface area contributed by atoms with Gasteiger partial charge in [-0.2, -0.15) is 0 Å². The second kappa shape index (κ2) is 6.58. The molecule has 0 spiro atoms. The lowest BCUT2D eigenvalue weighted by Crippen LogP contribution is -2.23. The molecular weight excluding hydrogens is 302 g/mol. The van der Waals surface area contributed by atoms with Crippen LogP contribution < -0.4 is 10.3 Å². The van der Waals surface area contributed by atoms with Crippen molar-refractivity contribution in [3.05, 3.63) is 26.6 Å². The number of unbranched alkanes of at least 4 members (excludes halogenated alkanes) is 1. The van der Waals surface area contributed by atoms with Crippen molar-refractivity contribution in [1.82, 2.24) is 4.98 Å². The number of aromatic amines is 1. The van der Waals surface area contributed by atoms with Crippen LogP contribution in [0.1, 0.15) is 37.7 Å². The zero-order chi connectivity index (χ0) is 13.7. The van der Waals surface area contributed by atoms with E-state index in [1.54, 1.807) is 0 Å². The smallest absolute Gasteiger partial charge is 0.311 e. The summed E-state index contributed by atoms with van der Waals surface area (Å²) in [5.74, 6) is -1.39. The van der Waals surface area contributed by atoms with E-state index in [0.717, 1.165) is 12.8 Å². The van der Waals surface area contributed by atoms with Gasteiger partial charge in [0, 0.05) is 11.8 Å². The number of halogens is 1. The van der Waals surface area contributed by atoms with Crippen molar-refractivity contribution >= 4 is 21.9 Å². The van der Waals surface area contributed by atoms with Crippen molar-refractivity contribution in [1.29, 1.82) is 0 Å². The van der Waals surface area contributed by atoms with E-state index >= 15 is 0 Å². The quantitative estimate of drug-likeness (QED) is 0.844. The molecule has 6 heteroatoms. The van der Waals surface area contributed by atoms with Gasteiger partial charge < -0.3 is 14.8 Å². The van der Waals surface area contributed by atoms with Gasteiger partial charge in [0.25, 0.3) is 5.56 Å². The Labute approximate surface area is 113 Å². The molecular formula is C12H16BrNO4. The van der Waals surface area contributed by atoms with Gasteiger partial charge in [-0.1, -0.05) is 19.8 Å². The van der Waals surface area contributed by atoms with Gasteiger partial charge >= 0.3 is 5.97 Å². The number of carbonyl (C=O) groups is 1. The van der Waals surface area contributed by atoms with Crippen molar-refractivity contribution in [3.63, 3.8) is 0 Å². The first kappa shape index (κ1) is 14.8. The first-order chi connectivity index (χ1) is 8.52. The highest BCUT2D eigenvalue weighted by Crippen LogP contribution is 2.32. The first-order valence-electron chi connectivity index (χ1n) is 5.70. The number of hydrogen-bond donors (Lipinski definition) is 2. The Morgan fingerprint density at radius 2 is 2.28 bits per heavy atom. The van der Waals surface area contributed by atoms with Crippen LogP contribution in [0, 0.1) is 0 Å². The number of ether oxygens (including phenoxy) is 1. The van der Waals surface area contributed by atoms with E-state index in [1.165, 1.54) is 13.3 Å². The van der Waals surface area contributed by atoms with Crippen molar-refractivity contribution in [2.45, 2.75) is 32.1 Å². The first-order valence-corrected chi connectivity index (χ1v) is 6.50. The number of nitrogens with one attached hydrogen (secondary N) is 1. The van der Waals surface area contributed by atoms with Crippen LogP contribution in [0.15, 0.2) is 15.5 Å². The Morgan fingerprint density at radius 1 is 1.61 bits per heavy atom. The molecule has 1 atom stereocenters. The molecule has 0 fully saturated rings. The van der Waals surface area contributed by atoms with Crippen molar-refractivity contribution in [2.24, 2.45) is 0 Å². The number of methoxy groups -OCH3 is 1. The van der Waals surface area contributed by atoms with Gasteiger partial charge in [0.05, 0.1) is 17.5 Å². The average molecular weight is 318 g/mol. The fourth-order valence-corrected chi connectivity index (χ4v) is 2.50. The van der Waals surface area contributed by atoms with Gasteiger partial charge in [-0.3, -0.25) is 9.59 Å². The van der Waals surface area contributed by atoms with E-state index < -0.39 is 17.4 Å². The fraction of sp³-hybridized carbons (Fsp3) is 0.500. The highest BCUT2D eigenvalue weighted by atomic mass is 79.9. The van der Waals surface area contributed by atoms with Crippen LogP contribution in [-0.2, 0) is 4.79 Å². The summed E-state index contributed by atoms with van der Waals surface area (Å²) < 4.78 is 5.48.